The number of thiophene rings is 1. The highest BCUT2D eigenvalue weighted by Crippen LogP contribution is 2.38. The van der Waals surface area contributed by atoms with Gasteiger partial charge in [0.15, 0.2) is 0 Å². The second-order valence-electron chi connectivity index (χ2n) is 7.56. The van der Waals surface area contributed by atoms with Crippen LogP contribution in [0.1, 0.15) is 31.8 Å². The molecule has 32 heavy (non-hydrogen) atoms. The van der Waals surface area contributed by atoms with Gasteiger partial charge >= 0.3 is 5.79 Å². The number of Topliss-reactive ketones (excluding diaryl/α,β-unsaturated/α-hetero) is 2. The van der Waals surface area contributed by atoms with E-state index in [-0.39, 0.29) is 13.2 Å². The Morgan fingerprint density at radius 3 is 1.81 bits per heavy atom. The highest BCUT2D eigenvalue weighted by molar-refractivity contribution is 7.13. The largest absolute Gasteiger partial charge is 0.332 e. The monoisotopic (exact) mass is 440 g/mol. The normalized spacial score (nSPS) is 14.5. The van der Waals surface area contributed by atoms with Crippen LogP contribution in [-0.2, 0) is 22.7 Å². The van der Waals surface area contributed by atoms with Crippen molar-refractivity contribution >= 4 is 22.9 Å². The molecule has 0 atom stereocenters. The van der Waals surface area contributed by atoms with Crippen LogP contribution in [0, 0.1) is 0 Å². The lowest BCUT2D eigenvalue weighted by Gasteiger charge is -2.26. The summed E-state index contributed by atoms with van der Waals surface area (Å²) in [5, 5.41) is 1.98. The average molecular weight is 441 g/mol. The Balaban J connectivity index is 1.50. The highest BCUT2D eigenvalue weighted by Gasteiger charge is 2.56. The first-order valence-electron chi connectivity index (χ1n) is 10.3. The Bertz CT molecular complexity index is 1200. The van der Waals surface area contributed by atoms with Gasteiger partial charge in [-0.2, -0.15) is 0 Å². The number of ether oxygens (including phenoxy) is 2. The van der Waals surface area contributed by atoms with E-state index in [4.69, 9.17) is 9.47 Å². The summed E-state index contributed by atoms with van der Waals surface area (Å²) in [6.45, 7) is 0.164. The summed E-state index contributed by atoms with van der Waals surface area (Å²) in [5.41, 5.74) is 3.26. The van der Waals surface area contributed by atoms with Crippen LogP contribution in [0.15, 0.2) is 96.4 Å². The van der Waals surface area contributed by atoms with E-state index in [1.807, 2.05) is 84.2 Å². The van der Waals surface area contributed by atoms with Crippen LogP contribution in [0.2, 0.25) is 0 Å². The molecule has 0 N–H and O–H groups in total. The van der Waals surface area contributed by atoms with E-state index in [1.54, 1.807) is 23.5 Å². The Labute approximate surface area is 190 Å². The second kappa shape index (κ2) is 8.63. The molecule has 0 fully saturated rings. The fraction of sp³-hybridized carbons (Fsp3) is 0.111. The molecule has 0 saturated carbocycles. The Morgan fingerprint density at radius 1 is 0.656 bits per heavy atom. The van der Waals surface area contributed by atoms with Gasteiger partial charge in [0.2, 0.25) is 11.6 Å². The quantitative estimate of drug-likeness (QED) is 0.264. The van der Waals surface area contributed by atoms with Gasteiger partial charge in [0.25, 0.3) is 0 Å². The number of rotatable bonds is 7. The summed E-state index contributed by atoms with van der Waals surface area (Å²) >= 11 is 1.58. The summed E-state index contributed by atoms with van der Waals surface area (Å²) < 4.78 is 12.0. The lowest BCUT2D eigenvalue weighted by molar-refractivity contribution is -0.180. The van der Waals surface area contributed by atoms with Crippen LogP contribution in [0.5, 0.6) is 0 Å². The van der Waals surface area contributed by atoms with Crippen LogP contribution in [0.25, 0.3) is 10.4 Å². The Morgan fingerprint density at radius 2 is 1.25 bits per heavy atom. The van der Waals surface area contributed by atoms with E-state index >= 15 is 0 Å². The molecule has 0 aliphatic heterocycles. The lowest BCUT2D eigenvalue weighted by Crippen LogP contribution is -2.46. The van der Waals surface area contributed by atoms with Crippen molar-refractivity contribution in [2.75, 3.05) is 0 Å². The molecule has 1 heterocycles. The minimum absolute atomic E-state index is 0.0822. The molecule has 4 aromatic rings. The van der Waals surface area contributed by atoms with Crippen molar-refractivity contribution in [3.8, 4) is 10.4 Å². The number of hydrogen-bond acceptors (Lipinski definition) is 5. The summed E-state index contributed by atoms with van der Waals surface area (Å²) in [5.74, 6) is -2.91. The topological polar surface area (TPSA) is 52.6 Å². The zero-order chi connectivity index (χ0) is 22.0. The number of fused-ring (bicyclic) bond motifs is 1. The number of carbonyl (C=O) groups excluding carboxylic acids is 2. The molecule has 158 valence electrons. The molecule has 5 heteroatoms. The van der Waals surface area contributed by atoms with Gasteiger partial charge in [-0.3, -0.25) is 9.59 Å². The van der Waals surface area contributed by atoms with Gasteiger partial charge in [0.05, 0.1) is 13.2 Å². The highest BCUT2D eigenvalue weighted by atomic mass is 32.1. The van der Waals surface area contributed by atoms with Crippen molar-refractivity contribution in [3.05, 3.63) is 119 Å². The predicted octanol–water partition coefficient (Wildman–Crippen LogP) is 5.92. The standard InChI is InChI=1S/C27H20O4S/c28-25-22-14-13-21(24-12-7-15-32-24)16-23(22)26(29)27(25,30-17-19-8-3-1-4-9-19)31-18-20-10-5-2-6-11-20/h1-16H,17-18H2. The van der Waals surface area contributed by atoms with E-state index < -0.39 is 17.4 Å². The van der Waals surface area contributed by atoms with Crippen molar-refractivity contribution in [1.29, 1.82) is 0 Å². The maximum absolute atomic E-state index is 13.6. The van der Waals surface area contributed by atoms with Crippen LogP contribution < -0.4 is 0 Å². The van der Waals surface area contributed by atoms with E-state index in [0.717, 1.165) is 21.6 Å². The number of ketones is 2. The molecule has 0 amide bonds. The van der Waals surface area contributed by atoms with Crippen molar-refractivity contribution in [2.24, 2.45) is 0 Å². The molecule has 1 aliphatic carbocycles. The van der Waals surface area contributed by atoms with Crippen LogP contribution in [-0.4, -0.2) is 17.4 Å². The molecular weight excluding hydrogens is 420 g/mol. The molecule has 0 bridgehead atoms. The van der Waals surface area contributed by atoms with E-state index in [2.05, 4.69) is 0 Å². The first kappa shape index (κ1) is 20.5. The molecule has 5 rings (SSSR count). The third kappa shape index (κ3) is 3.71. The third-order valence-electron chi connectivity index (χ3n) is 5.48. The molecule has 1 aromatic heterocycles. The van der Waals surface area contributed by atoms with Gasteiger partial charge in [-0.05, 0) is 40.3 Å². The smallest absolute Gasteiger partial charge is 0.300 e. The van der Waals surface area contributed by atoms with Gasteiger partial charge in [-0.15, -0.1) is 11.3 Å². The van der Waals surface area contributed by atoms with Gasteiger partial charge in [-0.1, -0.05) is 72.8 Å². The molecule has 4 nitrogen and oxygen atoms in total. The number of benzene rings is 3. The summed E-state index contributed by atoms with van der Waals surface area (Å²) in [6, 6.07) is 28.2. The SMILES string of the molecule is O=C1c2ccc(-c3cccs3)cc2C(=O)C1(OCc1ccccc1)OCc1ccccc1. The van der Waals surface area contributed by atoms with Gasteiger partial charge in [0, 0.05) is 16.0 Å². The summed E-state index contributed by atoms with van der Waals surface area (Å²) in [4.78, 5) is 28.2. The third-order valence-corrected chi connectivity index (χ3v) is 6.40. The zero-order valence-corrected chi connectivity index (χ0v) is 18.0. The van der Waals surface area contributed by atoms with Crippen molar-refractivity contribution in [1.82, 2.24) is 0 Å². The first-order valence-corrected chi connectivity index (χ1v) is 11.2. The number of carbonyl (C=O) groups is 2. The Hall–Kier alpha value is -3.38. The zero-order valence-electron chi connectivity index (χ0n) is 17.2. The van der Waals surface area contributed by atoms with Crippen molar-refractivity contribution in [2.45, 2.75) is 19.0 Å². The fourth-order valence-electron chi connectivity index (χ4n) is 3.81. The van der Waals surface area contributed by atoms with Gasteiger partial charge < -0.3 is 9.47 Å². The van der Waals surface area contributed by atoms with Crippen LogP contribution in [0.4, 0.5) is 0 Å². The second-order valence-corrected chi connectivity index (χ2v) is 8.51. The molecule has 0 unspecified atom stereocenters. The maximum atomic E-state index is 13.6. The minimum atomic E-state index is -2.00. The van der Waals surface area contributed by atoms with Crippen molar-refractivity contribution < 1.29 is 19.1 Å². The van der Waals surface area contributed by atoms with E-state index in [0.29, 0.717) is 11.1 Å². The van der Waals surface area contributed by atoms with E-state index in [9.17, 15) is 9.59 Å². The lowest BCUT2D eigenvalue weighted by atomic mass is 10.0. The predicted molar refractivity (Wildman–Crippen MR) is 124 cm³/mol. The van der Waals surface area contributed by atoms with Gasteiger partial charge in [-0.25, -0.2) is 0 Å². The summed E-state index contributed by atoms with van der Waals surface area (Å²) in [6.07, 6.45) is 0. The summed E-state index contributed by atoms with van der Waals surface area (Å²) in [7, 11) is 0. The number of hydrogen-bond donors (Lipinski definition) is 0. The molecule has 3 aromatic carbocycles. The maximum Gasteiger partial charge on any atom is 0.300 e. The first-order chi connectivity index (χ1) is 15.7. The van der Waals surface area contributed by atoms with Crippen LogP contribution >= 0.6 is 11.3 Å². The van der Waals surface area contributed by atoms with E-state index in [1.165, 1.54) is 0 Å². The molecule has 0 radical (unpaired) electrons. The molecule has 0 saturated heterocycles. The van der Waals surface area contributed by atoms with Crippen molar-refractivity contribution in [3.63, 3.8) is 0 Å². The Kier molecular flexibility index (Phi) is 5.53. The minimum Gasteiger partial charge on any atom is -0.332 e. The van der Waals surface area contributed by atoms with Gasteiger partial charge in [0.1, 0.15) is 0 Å². The molecule has 0 spiro atoms. The fourth-order valence-corrected chi connectivity index (χ4v) is 4.53. The molecular formula is C27H20O4S. The average Bonchev–Trinajstić information content (AvgIpc) is 3.45. The molecule has 1 aliphatic rings. The van der Waals surface area contributed by atoms with Crippen LogP contribution in [0.3, 0.4) is 0 Å².